The quantitative estimate of drug-likeness (QED) is 0.454. The molecule has 8 nitrogen and oxygen atoms in total. The van der Waals surface area contributed by atoms with Crippen LogP contribution in [-0.4, -0.2) is 69.2 Å². The van der Waals surface area contributed by atoms with E-state index < -0.39 is 70.1 Å². The normalized spacial score (nSPS) is 42.8. The summed E-state index contributed by atoms with van der Waals surface area (Å²) in [6.07, 6.45) is 3.07. The smallest absolute Gasteiger partial charge is 0.428 e. The molecule has 3 fully saturated rings. The van der Waals surface area contributed by atoms with Gasteiger partial charge in [0.15, 0.2) is 18.1 Å². The number of carbonyl (C=O) groups excluding carboxylic acids is 3. The van der Waals surface area contributed by atoms with Gasteiger partial charge in [0.25, 0.3) is 0 Å². The van der Waals surface area contributed by atoms with Crippen molar-refractivity contribution in [2.75, 3.05) is 13.2 Å². The van der Waals surface area contributed by atoms with E-state index in [4.69, 9.17) is 14.6 Å². The number of ether oxygens (including phenoxy) is 2. The van der Waals surface area contributed by atoms with Crippen LogP contribution in [-0.2, 0) is 19.1 Å². The molecule has 0 aromatic rings. The summed E-state index contributed by atoms with van der Waals surface area (Å²) in [4.78, 5) is 37.6. The molecule has 4 rings (SSSR count). The number of aliphatic hydroxyl groups is 3. The highest BCUT2D eigenvalue weighted by Gasteiger charge is 2.75. The summed E-state index contributed by atoms with van der Waals surface area (Å²) in [7, 11) is 0. The van der Waals surface area contributed by atoms with Gasteiger partial charge in [-0.25, -0.2) is 9.18 Å². The molecule has 3 N–H and O–H groups in total. The number of fused-ring (bicyclic) bond motifs is 5. The average molecular weight is 523 g/mol. The highest BCUT2D eigenvalue weighted by molar-refractivity contribution is 6.01. The summed E-state index contributed by atoms with van der Waals surface area (Å²) < 4.78 is 27.4. The molecular weight excluding hydrogens is 483 g/mol. The number of aliphatic hydroxyl groups excluding tert-OH is 2. The Labute approximate surface area is 216 Å². The zero-order valence-electron chi connectivity index (χ0n) is 22.3. The highest BCUT2D eigenvalue weighted by Crippen LogP contribution is 2.70. The Morgan fingerprint density at radius 3 is 2.57 bits per heavy atom. The average Bonchev–Trinajstić information content (AvgIpc) is 3.00. The minimum absolute atomic E-state index is 0.157. The van der Waals surface area contributed by atoms with Crippen molar-refractivity contribution in [2.45, 2.75) is 89.7 Å². The van der Waals surface area contributed by atoms with Gasteiger partial charge in [-0.15, -0.1) is 0 Å². The molecule has 8 atom stereocenters. The number of carbonyl (C=O) groups is 3. The molecule has 0 amide bonds. The fraction of sp³-hybridized carbons (Fsp3) is 0.750. The molecular formula is C28H39FO8. The number of Topliss-reactive ketones (excluding diaryl/α,β-unsaturated/α-hetero) is 1. The Morgan fingerprint density at radius 2 is 1.92 bits per heavy atom. The second-order valence-corrected chi connectivity index (χ2v) is 12.5. The lowest BCUT2D eigenvalue weighted by molar-refractivity contribution is -0.219. The molecule has 0 aromatic heterocycles. The van der Waals surface area contributed by atoms with Crippen LogP contribution in [0.25, 0.3) is 0 Å². The van der Waals surface area contributed by atoms with E-state index in [2.05, 4.69) is 0 Å². The third kappa shape index (κ3) is 3.91. The SMILES string of the molecule is C[C@@H]1C[C@H]2[C@@H]3CCC4=CC(=O)C=C[C@]4(C)[C@@]3(F)[C@@H](O)C[C@]2(C)[C@@]1(O)C(=O)COC(=O)OC(C)(C)CCO. The highest BCUT2D eigenvalue weighted by atomic mass is 19.1. The maximum Gasteiger partial charge on any atom is 0.509 e. The zero-order valence-corrected chi connectivity index (χ0v) is 22.3. The molecule has 0 radical (unpaired) electrons. The lowest BCUT2D eigenvalue weighted by Crippen LogP contribution is -2.69. The van der Waals surface area contributed by atoms with Crippen molar-refractivity contribution in [1.82, 2.24) is 0 Å². The van der Waals surface area contributed by atoms with Gasteiger partial charge in [-0.05, 0) is 70.4 Å². The summed E-state index contributed by atoms with van der Waals surface area (Å²) in [6.45, 7) is 7.43. The monoisotopic (exact) mass is 522 g/mol. The van der Waals surface area contributed by atoms with E-state index >= 15 is 4.39 Å². The van der Waals surface area contributed by atoms with E-state index in [1.807, 2.05) is 0 Å². The molecule has 0 aliphatic heterocycles. The number of rotatable bonds is 6. The first-order valence-corrected chi connectivity index (χ1v) is 13.1. The van der Waals surface area contributed by atoms with Crippen molar-refractivity contribution >= 4 is 17.7 Å². The maximum atomic E-state index is 17.2. The van der Waals surface area contributed by atoms with Crippen molar-refractivity contribution in [2.24, 2.45) is 28.6 Å². The minimum atomic E-state index is -2.06. The molecule has 0 unspecified atom stereocenters. The van der Waals surface area contributed by atoms with Gasteiger partial charge < -0.3 is 24.8 Å². The first-order valence-electron chi connectivity index (χ1n) is 13.1. The van der Waals surface area contributed by atoms with E-state index in [1.54, 1.807) is 40.7 Å². The zero-order chi connectivity index (χ0) is 27.6. The predicted octanol–water partition coefficient (Wildman–Crippen LogP) is 3.22. The minimum Gasteiger partial charge on any atom is -0.428 e. The molecule has 37 heavy (non-hydrogen) atoms. The van der Waals surface area contributed by atoms with Crippen molar-refractivity contribution in [3.8, 4) is 0 Å². The molecule has 0 spiro atoms. The Kier molecular flexibility index (Phi) is 6.78. The van der Waals surface area contributed by atoms with Crippen LogP contribution in [0.4, 0.5) is 9.18 Å². The van der Waals surface area contributed by atoms with E-state index in [0.717, 1.165) is 0 Å². The van der Waals surface area contributed by atoms with Crippen LogP contribution in [0.2, 0.25) is 0 Å². The molecule has 3 saturated carbocycles. The molecule has 0 aromatic carbocycles. The topological polar surface area (TPSA) is 130 Å². The molecule has 206 valence electrons. The maximum absolute atomic E-state index is 17.2. The van der Waals surface area contributed by atoms with Crippen LogP contribution < -0.4 is 0 Å². The predicted molar refractivity (Wildman–Crippen MR) is 131 cm³/mol. The number of alkyl halides is 1. The van der Waals surface area contributed by atoms with E-state index in [9.17, 15) is 24.6 Å². The molecule has 0 heterocycles. The summed E-state index contributed by atoms with van der Waals surface area (Å²) >= 11 is 0. The number of allylic oxidation sites excluding steroid dienone is 4. The van der Waals surface area contributed by atoms with Gasteiger partial charge in [-0.2, -0.15) is 0 Å². The number of hydrogen-bond donors (Lipinski definition) is 3. The summed E-state index contributed by atoms with van der Waals surface area (Å²) in [5, 5.41) is 32.4. The van der Waals surface area contributed by atoms with Gasteiger partial charge in [0, 0.05) is 29.8 Å². The summed E-state index contributed by atoms with van der Waals surface area (Å²) in [5.41, 5.74) is -6.66. The molecule has 9 heteroatoms. The van der Waals surface area contributed by atoms with Crippen molar-refractivity contribution < 1.29 is 43.6 Å². The van der Waals surface area contributed by atoms with Gasteiger partial charge in [0.1, 0.15) is 11.2 Å². The van der Waals surface area contributed by atoms with Crippen LogP contribution in [0.15, 0.2) is 23.8 Å². The third-order valence-corrected chi connectivity index (χ3v) is 10.0. The number of ketones is 2. The first kappa shape index (κ1) is 27.9. The Balaban J connectivity index is 1.59. The van der Waals surface area contributed by atoms with Crippen molar-refractivity contribution in [1.29, 1.82) is 0 Å². The van der Waals surface area contributed by atoms with Crippen LogP contribution in [0, 0.1) is 28.6 Å². The fourth-order valence-corrected chi connectivity index (χ4v) is 7.95. The first-order chi connectivity index (χ1) is 17.1. The van der Waals surface area contributed by atoms with Crippen LogP contribution in [0.5, 0.6) is 0 Å². The molecule has 4 aliphatic carbocycles. The second-order valence-electron chi connectivity index (χ2n) is 12.5. The second kappa shape index (κ2) is 8.99. The Hall–Kier alpha value is -2.10. The largest absolute Gasteiger partial charge is 0.509 e. The summed E-state index contributed by atoms with van der Waals surface area (Å²) in [5.74, 6) is -2.53. The van der Waals surface area contributed by atoms with Crippen molar-refractivity contribution in [3.63, 3.8) is 0 Å². The molecule has 0 bridgehead atoms. The number of hydrogen-bond acceptors (Lipinski definition) is 8. The van der Waals surface area contributed by atoms with Gasteiger partial charge in [-0.1, -0.05) is 25.5 Å². The standard InChI is InChI=1S/C28H39FO8/c1-16-12-20-19-7-6-17-13-18(31)8-9-25(17,4)27(19,29)21(32)14-26(20,5)28(16,35)22(33)15-36-23(34)37-24(2,3)10-11-30/h8-9,13,16,19-21,30,32,35H,6-7,10-12,14-15H2,1-5H3/t16-,19+,20+,21+,25+,26+,27+,28+/m1/s1. The van der Waals surface area contributed by atoms with Crippen LogP contribution in [0.3, 0.4) is 0 Å². The van der Waals surface area contributed by atoms with Gasteiger partial charge in [0.2, 0.25) is 5.78 Å². The van der Waals surface area contributed by atoms with Crippen molar-refractivity contribution in [3.05, 3.63) is 23.8 Å². The van der Waals surface area contributed by atoms with Gasteiger partial charge >= 0.3 is 6.16 Å². The fourth-order valence-electron chi connectivity index (χ4n) is 7.95. The van der Waals surface area contributed by atoms with Gasteiger partial charge in [0.05, 0.1) is 6.10 Å². The lowest BCUT2D eigenvalue weighted by Gasteiger charge is -2.62. The van der Waals surface area contributed by atoms with E-state index in [-0.39, 0.29) is 25.2 Å². The third-order valence-electron chi connectivity index (χ3n) is 10.0. The molecule has 0 saturated heterocycles. The number of halogens is 1. The van der Waals surface area contributed by atoms with Crippen LogP contribution in [0.1, 0.15) is 66.7 Å². The Bertz CT molecular complexity index is 1050. The lowest BCUT2D eigenvalue weighted by atomic mass is 9.44. The Morgan fingerprint density at radius 1 is 1.24 bits per heavy atom. The van der Waals surface area contributed by atoms with Gasteiger partial charge in [-0.3, -0.25) is 9.59 Å². The van der Waals surface area contributed by atoms with E-state index in [0.29, 0.717) is 24.8 Å². The summed E-state index contributed by atoms with van der Waals surface area (Å²) in [6, 6.07) is 0. The molecule has 4 aliphatic rings. The van der Waals surface area contributed by atoms with E-state index in [1.165, 1.54) is 12.2 Å². The van der Waals surface area contributed by atoms with Crippen LogP contribution >= 0.6 is 0 Å².